The average molecular weight is 378 g/mol. The lowest BCUT2D eigenvalue weighted by Crippen LogP contribution is -2.44. The van der Waals surface area contributed by atoms with Gasteiger partial charge in [0.2, 0.25) is 5.91 Å². The van der Waals surface area contributed by atoms with Crippen molar-refractivity contribution in [2.24, 2.45) is 0 Å². The average Bonchev–Trinajstić information content (AvgIpc) is 3.02. The van der Waals surface area contributed by atoms with Crippen LogP contribution in [0.1, 0.15) is 53.1 Å². The van der Waals surface area contributed by atoms with Crippen molar-refractivity contribution in [1.82, 2.24) is 20.0 Å². The molecule has 1 aromatic carbocycles. The quantitative estimate of drug-likeness (QED) is 0.823. The predicted molar refractivity (Wildman–Crippen MR) is 106 cm³/mol. The van der Waals surface area contributed by atoms with E-state index in [0.29, 0.717) is 12.0 Å². The molecule has 1 spiro atoms. The fourth-order valence-electron chi connectivity index (χ4n) is 4.81. The van der Waals surface area contributed by atoms with Gasteiger partial charge in [-0.05, 0) is 47.8 Å². The molecule has 1 aliphatic carbocycles. The third-order valence-corrected chi connectivity index (χ3v) is 6.37. The summed E-state index contributed by atoms with van der Waals surface area (Å²) in [5.41, 5.74) is 3.36. The van der Waals surface area contributed by atoms with Gasteiger partial charge >= 0.3 is 0 Å². The Morgan fingerprint density at radius 2 is 1.89 bits per heavy atom. The molecule has 28 heavy (non-hydrogen) atoms. The summed E-state index contributed by atoms with van der Waals surface area (Å²) < 4.78 is 0. The molecule has 2 amide bonds. The molecule has 0 radical (unpaired) electrons. The Morgan fingerprint density at radius 1 is 1.14 bits per heavy atom. The topological polar surface area (TPSA) is 66.4 Å². The molecule has 1 atom stereocenters. The lowest BCUT2D eigenvalue weighted by Gasteiger charge is -2.40. The summed E-state index contributed by atoms with van der Waals surface area (Å²) in [5, 5.41) is 7.57. The zero-order valence-corrected chi connectivity index (χ0v) is 16.5. The Hall–Kier alpha value is -2.76. The molecule has 1 aliphatic heterocycles. The van der Waals surface area contributed by atoms with Gasteiger partial charge < -0.3 is 9.80 Å². The molecule has 2 aromatic rings. The molecule has 0 N–H and O–H groups in total. The largest absolute Gasteiger partial charge is 0.349 e. The van der Waals surface area contributed by atoms with E-state index >= 15 is 0 Å². The standard InChI is InChI=1S/C22H26N4O2/c1-25(2)20(27)13-17-14-22(19-6-4-3-5-18(17)19)8-11-26(12-9-22)21(28)16-7-10-23-24-15-16/h3-7,10,15,17H,8-9,11-14H2,1-2H3. The van der Waals surface area contributed by atoms with Crippen LogP contribution in [0.3, 0.4) is 0 Å². The molecule has 6 nitrogen and oxygen atoms in total. The number of fused-ring (bicyclic) bond motifs is 2. The number of hydrogen-bond donors (Lipinski definition) is 0. The fourth-order valence-corrected chi connectivity index (χ4v) is 4.81. The maximum Gasteiger partial charge on any atom is 0.255 e. The van der Waals surface area contributed by atoms with Crippen molar-refractivity contribution in [2.45, 2.75) is 37.0 Å². The first-order valence-corrected chi connectivity index (χ1v) is 9.86. The summed E-state index contributed by atoms with van der Waals surface area (Å²) >= 11 is 0. The molecule has 1 fully saturated rings. The molecule has 6 heteroatoms. The Bertz CT molecular complexity index is 873. The number of aromatic nitrogens is 2. The molecule has 4 rings (SSSR count). The summed E-state index contributed by atoms with van der Waals surface area (Å²) in [6, 6.07) is 10.3. The first-order chi connectivity index (χ1) is 13.5. The summed E-state index contributed by atoms with van der Waals surface area (Å²) in [6.45, 7) is 1.45. The van der Waals surface area contributed by atoms with Crippen LogP contribution in [0.25, 0.3) is 0 Å². The number of likely N-dealkylation sites (tertiary alicyclic amines) is 1. The first kappa shape index (κ1) is 18.6. The molecular weight excluding hydrogens is 352 g/mol. The van der Waals surface area contributed by atoms with Gasteiger partial charge in [0.1, 0.15) is 0 Å². The highest BCUT2D eigenvalue weighted by atomic mass is 16.2. The van der Waals surface area contributed by atoms with Gasteiger partial charge in [-0.3, -0.25) is 9.59 Å². The number of amides is 2. The highest BCUT2D eigenvalue weighted by Crippen LogP contribution is 2.52. The SMILES string of the molecule is CN(C)C(=O)CC1CC2(CCN(C(=O)c3ccnnc3)CC2)c2ccccc21. The van der Waals surface area contributed by atoms with E-state index in [4.69, 9.17) is 0 Å². The normalized spacial score (nSPS) is 20.1. The number of hydrogen-bond acceptors (Lipinski definition) is 4. The van der Waals surface area contributed by atoms with Crippen molar-refractivity contribution in [3.05, 3.63) is 59.4 Å². The second-order valence-electron chi connectivity index (χ2n) is 8.18. The highest BCUT2D eigenvalue weighted by Gasteiger charge is 2.46. The van der Waals surface area contributed by atoms with Gasteiger partial charge in [-0.15, -0.1) is 0 Å². The molecule has 146 valence electrons. The van der Waals surface area contributed by atoms with Gasteiger partial charge in [0.25, 0.3) is 5.91 Å². The first-order valence-electron chi connectivity index (χ1n) is 9.86. The van der Waals surface area contributed by atoms with Crippen molar-refractivity contribution < 1.29 is 9.59 Å². The van der Waals surface area contributed by atoms with Crippen molar-refractivity contribution in [3.63, 3.8) is 0 Å². The smallest absolute Gasteiger partial charge is 0.255 e. The van der Waals surface area contributed by atoms with E-state index < -0.39 is 0 Å². The Morgan fingerprint density at radius 3 is 2.57 bits per heavy atom. The van der Waals surface area contributed by atoms with E-state index in [1.807, 2.05) is 19.0 Å². The molecule has 1 unspecified atom stereocenters. The lowest BCUT2D eigenvalue weighted by atomic mass is 9.73. The molecule has 2 aliphatic rings. The van der Waals surface area contributed by atoms with Crippen LogP contribution in [-0.4, -0.2) is 59.0 Å². The minimum Gasteiger partial charge on any atom is -0.349 e. The predicted octanol–water partition coefficient (Wildman–Crippen LogP) is 2.62. The van der Waals surface area contributed by atoms with Crippen LogP contribution in [0.4, 0.5) is 0 Å². The number of piperidine rings is 1. The van der Waals surface area contributed by atoms with Gasteiger partial charge in [-0.1, -0.05) is 24.3 Å². The minimum atomic E-state index is 0.0235. The second-order valence-corrected chi connectivity index (χ2v) is 8.18. The Balaban J connectivity index is 1.52. The molecular formula is C22H26N4O2. The summed E-state index contributed by atoms with van der Waals surface area (Å²) in [4.78, 5) is 28.7. The zero-order valence-electron chi connectivity index (χ0n) is 16.5. The molecule has 0 bridgehead atoms. The van der Waals surface area contributed by atoms with Crippen LogP contribution in [-0.2, 0) is 10.2 Å². The third kappa shape index (κ3) is 3.28. The molecule has 2 heterocycles. The molecule has 0 saturated carbocycles. The Kier molecular flexibility index (Phi) is 4.87. The van der Waals surface area contributed by atoms with E-state index in [2.05, 4.69) is 34.5 Å². The minimum absolute atomic E-state index is 0.0235. The Labute approximate surface area is 165 Å². The number of benzene rings is 1. The van der Waals surface area contributed by atoms with Gasteiger partial charge in [0.15, 0.2) is 0 Å². The highest BCUT2D eigenvalue weighted by molar-refractivity contribution is 5.93. The van der Waals surface area contributed by atoms with Gasteiger partial charge in [0, 0.05) is 33.6 Å². The van der Waals surface area contributed by atoms with E-state index in [0.717, 1.165) is 32.4 Å². The third-order valence-electron chi connectivity index (χ3n) is 6.37. The van der Waals surface area contributed by atoms with E-state index in [1.54, 1.807) is 17.2 Å². The van der Waals surface area contributed by atoms with Crippen molar-refractivity contribution in [1.29, 1.82) is 0 Å². The number of carbonyl (C=O) groups is 2. The van der Waals surface area contributed by atoms with Crippen LogP contribution < -0.4 is 0 Å². The fraction of sp³-hybridized carbons (Fsp3) is 0.455. The molecule has 1 aromatic heterocycles. The van der Waals surface area contributed by atoms with Crippen LogP contribution in [0.2, 0.25) is 0 Å². The van der Waals surface area contributed by atoms with Crippen LogP contribution in [0.5, 0.6) is 0 Å². The monoisotopic (exact) mass is 378 g/mol. The summed E-state index contributed by atoms with van der Waals surface area (Å²) in [7, 11) is 3.63. The van der Waals surface area contributed by atoms with Crippen molar-refractivity contribution in [2.75, 3.05) is 27.2 Å². The van der Waals surface area contributed by atoms with Crippen LogP contribution >= 0.6 is 0 Å². The maximum absolute atomic E-state index is 12.7. The van der Waals surface area contributed by atoms with Crippen molar-refractivity contribution in [3.8, 4) is 0 Å². The summed E-state index contributed by atoms with van der Waals surface area (Å²) in [5.74, 6) is 0.461. The maximum atomic E-state index is 12.7. The van der Waals surface area contributed by atoms with Gasteiger partial charge in [-0.25, -0.2) is 0 Å². The van der Waals surface area contributed by atoms with Crippen molar-refractivity contribution >= 4 is 11.8 Å². The number of nitrogens with zero attached hydrogens (tertiary/aromatic N) is 4. The second kappa shape index (κ2) is 7.34. The van der Waals surface area contributed by atoms with E-state index in [1.165, 1.54) is 17.3 Å². The van der Waals surface area contributed by atoms with E-state index in [9.17, 15) is 9.59 Å². The lowest BCUT2D eigenvalue weighted by molar-refractivity contribution is -0.129. The molecule has 1 saturated heterocycles. The van der Waals surface area contributed by atoms with Gasteiger partial charge in [0.05, 0.1) is 18.0 Å². The number of rotatable bonds is 3. The van der Waals surface area contributed by atoms with E-state index in [-0.39, 0.29) is 23.1 Å². The van der Waals surface area contributed by atoms with Crippen LogP contribution in [0, 0.1) is 0 Å². The zero-order chi connectivity index (χ0) is 19.7. The van der Waals surface area contributed by atoms with Crippen LogP contribution in [0.15, 0.2) is 42.7 Å². The number of carbonyl (C=O) groups excluding carboxylic acids is 2. The van der Waals surface area contributed by atoms with Gasteiger partial charge in [-0.2, -0.15) is 10.2 Å². The summed E-state index contributed by atoms with van der Waals surface area (Å²) in [6.07, 6.45) is 6.49.